The smallest absolute Gasteiger partial charge is 0.254 e. The molecule has 20 heavy (non-hydrogen) atoms. The largest absolute Gasteiger partial charge is 0.338 e. The Hall–Kier alpha value is -1.06. The van der Waals surface area contributed by atoms with Crippen LogP contribution in [0.1, 0.15) is 41.3 Å². The van der Waals surface area contributed by atoms with E-state index in [0.29, 0.717) is 5.92 Å². The number of aryl methyl sites for hydroxylation is 2. The number of benzene rings is 1. The van der Waals surface area contributed by atoms with Crippen molar-refractivity contribution in [3.63, 3.8) is 0 Å². The van der Waals surface area contributed by atoms with E-state index < -0.39 is 0 Å². The van der Waals surface area contributed by atoms with Gasteiger partial charge in [-0.1, -0.05) is 17.7 Å². The van der Waals surface area contributed by atoms with Gasteiger partial charge in [0.25, 0.3) is 5.91 Å². The Labute approximate surface area is 127 Å². The molecule has 1 aliphatic heterocycles. The fraction of sp³-hybridized carbons (Fsp3) is 0.562. The van der Waals surface area contributed by atoms with Crippen molar-refractivity contribution in [2.45, 2.75) is 39.7 Å². The fourth-order valence-electron chi connectivity index (χ4n) is 2.85. The third kappa shape index (κ3) is 3.74. The molecule has 0 saturated carbocycles. The van der Waals surface area contributed by atoms with Gasteiger partial charge in [-0.3, -0.25) is 4.79 Å². The van der Waals surface area contributed by atoms with Crippen molar-refractivity contribution in [1.29, 1.82) is 0 Å². The van der Waals surface area contributed by atoms with E-state index in [9.17, 15) is 4.79 Å². The minimum absolute atomic E-state index is 0. The summed E-state index contributed by atoms with van der Waals surface area (Å²) in [5.74, 6) is 0.589. The molecule has 3 nitrogen and oxygen atoms in total. The van der Waals surface area contributed by atoms with Crippen molar-refractivity contribution < 1.29 is 4.79 Å². The highest BCUT2D eigenvalue weighted by atomic mass is 35.5. The lowest BCUT2D eigenvalue weighted by Crippen LogP contribution is -2.45. The molecular weight excluding hydrogens is 272 g/mol. The molecule has 0 bridgehead atoms. The zero-order chi connectivity index (χ0) is 14.0. The van der Waals surface area contributed by atoms with Gasteiger partial charge < -0.3 is 10.6 Å². The molecule has 0 aliphatic carbocycles. The second kappa shape index (κ2) is 7.09. The van der Waals surface area contributed by atoms with E-state index in [2.05, 4.69) is 6.07 Å². The van der Waals surface area contributed by atoms with Crippen LogP contribution in [-0.2, 0) is 0 Å². The summed E-state index contributed by atoms with van der Waals surface area (Å²) in [5.41, 5.74) is 9.07. The van der Waals surface area contributed by atoms with E-state index in [-0.39, 0.29) is 24.4 Å². The zero-order valence-corrected chi connectivity index (χ0v) is 13.4. The number of carbonyl (C=O) groups excluding carboxylic acids is 1. The Balaban J connectivity index is 0.00000200. The second-order valence-corrected chi connectivity index (χ2v) is 5.83. The van der Waals surface area contributed by atoms with Crippen LogP contribution in [-0.4, -0.2) is 29.9 Å². The Morgan fingerprint density at radius 3 is 2.70 bits per heavy atom. The lowest BCUT2D eigenvalue weighted by atomic mass is 9.91. The number of likely N-dealkylation sites (tertiary alicyclic amines) is 1. The highest BCUT2D eigenvalue weighted by Gasteiger charge is 2.26. The van der Waals surface area contributed by atoms with Crippen LogP contribution < -0.4 is 5.73 Å². The molecule has 2 atom stereocenters. The predicted octanol–water partition coefficient (Wildman–Crippen LogP) is 2.92. The number of hydrogen-bond donors (Lipinski definition) is 1. The molecule has 0 spiro atoms. The van der Waals surface area contributed by atoms with Gasteiger partial charge in [0.15, 0.2) is 0 Å². The minimum Gasteiger partial charge on any atom is -0.338 e. The molecule has 1 fully saturated rings. The highest BCUT2D eigenvalue weighted by molar-refractivity contribution is 5.95. The molecule has 1 aliphatic rings. The van der Waals surface area contributed by atoms with Crippen molar-refractivity contribution in [2.24, 2.45) is 11.7 Å². The number of hydrogen-bond acceptors (Lipinski definition) is 2. The Morgan fingerprint density at radius 1 is 1.40 bits per heavy atom. The van der Waals surface area contributed by atoms with Gasteiger partial charge in [0.05, 0.1) is 0 Å². The number of nitrogens with zero attached hydrogens (tertiary/aromatic N) is 1. The first-order valence-electron chi connectivity index (χ1n) is 7.11. The molecule has 112 valence electrons. The zero-order valence-electron chi connectivity index (χ0n) is 12.6. The molecular formula is C16H25ClN2O. The molecule has 0 radical (unpaired) electrons. The third-order valence-electron chi connectivity index (χ3n) is 4.10. The summed E-state index contributed by atoms with van der Waals surface area (Å²) in [5, 5.41) is 0. The maximum absolute atomic E-state index is 12.6. The summed E-state index contributed by atoms with van der Waals surface area (Å²) in [7, 11) is 0. The quantitative estimate of drug-likeness (QED) is 0.912. The molecule has 0 aromatic heterocycles. The SMILES string of the molecule is Cc1ccc(C(=O)N2CCCC(C(C)N)C2)c(C)c1.Cl. The van der Waals surface area contributed by atoms with E-state index in [4.69, 9.17) is 5.73 Å². The van der Waals surface area contributed by atoms with Gasteiger partial charge in [-0.15, -0.1) is 12.4 Å². The Kier molecular flexibility index (Phi) is 6.03. The van der Waals surface area contributed by atoms with E-state index in [1.54, 1.807) is 0 Å². The lowest BCUT2D eigenvalue weighted by Gasteiger charge is -2.35. The summed E-state index contributed by atoms with van der Waals surface area (Å²) in [4.78, 5) is 14.6. The number of halogens is 1. The molecule has 2 rings (SSSR count). The van der Waals surface area contributed by atoms with Gasteiger partial charge in [0, 0.05) is 24.7 Å². The summed E-state index contributed by atoms with van der Waals surface area (Å²) in [6, 6.07) is 6.19. The second-order valence-electron chi connectivity index (χ2n) is 5.83. The summed E-state index contributed by atoms with van der Waals surface area (Å²) < 4.78 is 0. The normalized spacial score (nSPS) is 20.2. The van der Waals surface area contributed by atoms with Crippen LogP contribution in [0.15, 0.2) is 18.2 Å². The Bertz CT molecular complexity index is 474. The van der Waals surface area contributed by atoms with Crippen LogP contribution in [0.25, 0.3) is 0 Å². The van der Waals surface area contributed by atoms with Crippen molar-refractivity contribution in [3.05, 3.63) is 34.9 Å². The van der Waals surface area contributed by atoms with Crippen molar-refractivity contribution >= 4 is 18.3 Å². The van der Waals surface area contributed by atoms with Gasteiger partial charge in [0.2, 0.25) is 0 Å². The van der Waals surface area contributed by atoms with Crippen molar-refractivity contribution in [1.82, 2.24) is 4.90 Å². The molecule has 1 aromatic carbocycles. The monoisotopic (exact) mass is 296 g/mol. The van der Waals surface area contributed by atoms with Crippen LogP contribution in [0.2, 0.25) is 0 Å². The predicted molar refractivity (Wildman–Crippen MR) is 85.4 cm³/mol. The van der Waals surface area contributed by atoms with E-state index >= 15 is 0 Å². The van der Waals surface area contributed by atoms with Gasteiger partial charge >= 0.3 is 0 Å². The molecule has 1 amide bonds. The molecule has 1 aromatic rings. The molecule has 2 N–H and O–H groups in total. The minimum atomic E-state index is 0. The molecule has 2 unspecified atom stereocenters. The van der Waals surface area contributed by atoms with Crippen LogP contribution in [0.3, 0.4) is 0 Å². The van der Waals surface area contributed by atoms with Gasteiger partial charge in [0.1, 0.15) is 0 Å². The van der Waals surface area contributed by atoms with Crippen molar-refractivity contribution in [2.75, 3.05) is 13.1 Å². The lowest BCUT2D eigenvalue weighted by molar-refractivity contribution is 0.0660. The average Bonchev–Trinajstić information content (AvgIpc) is 2.38. The first-order chi connectivity index (χ1) is 8.99. The van der Waals surface area contributed by atoms with E-state index in [1.807, 2.05) is 37.8 Å². The molecule has 4 heteroatoms. The maximum Gasteiger partial charge on any atom is 0.254 e. The fourth-order valence-corrected chi connectivity index (χ4v) is 2.85. The van der Waals surface area contributed by atoms with E-state index in [1.165, 1.54) is 5.56 Å². The van der Waals surface area contributed by atoms with Gasteiger partial charge in [-0.2, -0.15) is 0 Å². The van der Waals surface area contributed by atoms with Gasteiger partial charge in [-0.05, 0) is 51.2 Å². The first-order valence-corrected chi connectivity index (χ1v) is 7.11. The topological polar surface area (TPSA) is 46.3 Å². The third-order valence-corrected chi connectivity index (χ3v) is 4.10. The number of rotatable bonds is 2. The van der Waals surface area contributed by atoms with Gasteiger partial charge in [-0.25, -0.2) is 0 Å². The average molecular weight is 297 g/mol. The van der Waals surface area contributed by atoms with Crippen LogP contribution in [0.4, 0.5) is 0 Å². The summed E-state index contributed by atoms with van der Waals surface area (Å²) in [6.45, 7) is 7.75. The number of carbonyl (C=O) groups is 1. The Morgan fingerprint density at radius 2 is 2.10 bits per heavy atom. The molecule has 1 heterocycles. The maximum atomic E-state index is 12.6. The highest BCUT2D eigenvalue weighted by Crippen LogP contribution is 2.22. The van der Waals surface area contributed by atoms with Crippen LogP contribution in [0.5, 0.6) is 0 Å². The number of piperidine rings is 1. The standard InChI is InChI=1S/C16H24N2O.ClH/c1-11-6-7-15(12(2)9-11)16(19)18-8-4-5-14(10-18)13(3)17;/h6-7,9,13-14H,4-5,8,10,17H2,1-3H3;1H. The first kappa shape index (κ1) is 17.0. The van der Waals surface area contributed by atoms with Crippen molar-refractivity contribution in [3.8, 4) is 0 Å². The number of amides is 1. The summed E-state index contributed by atoms with van der Waals surface area (Å²) >= 11 is 0. The number of nitrogens with two attached hydrogens (primary N) is 1. The van der Waals surface area contributed by atoms with E-state index in [0.717, 1.165) is 37.1 Å². The summed E-state index contributed by atoms with van der Waals surface area (Å²) in [6.07, 6.45) is 2.19. The van der Waals surface area contributed by atoms with Crippen LogP contribution >= 0.6 is 12.4 Å². The van der Waals surface area contributed by atoms with Crippen LogP contribution in [0, 0.1) is 19.8 Å². The molecule has 1 saturated heterocycles.